The molecular formula is C33H40N4O5. The van der Waals surface area contributed by atoms with Gasteiger partial charge in [-0.3, -0.25) is 9.59 Å². The van der Waals surface area contributed by atoms with Crippen LogP contribution in [0.3, 0.4) is 0 Å². The average molecular weight is 573 g/mol. The molecule has 0 aromatic heterocycles. The molecule has 42 heavy (non-hydrogen) atoms. The molecule has 0 heterocycles. The summed E-state index contributed by atoms with van der Waals surface area (Å²) in [6, 6.07) is 25.9. The van der Waals surface area contributed by atoms with Gasteiger partial charge in [0.05, 0.1) is 19.2 Å². The summed E-state index contributed by atoms with van der Waals surface area (Å²) in [7, 11) is 3.17. The van der Waals surface area contributed by atoms with Gasteiger partial charge in [-0.25, -0.2) is 4.79 Å². The minimum Gasteiger partial charge on any atom is -0.497 e. The molecule has 0 saturated heterocycles. The highest BCUT2D eigenvalue weighted by molar-refractivity contribution is 5.87. The molecule has 0 spiro atoms. The van der Waals surface area contributed by atoms with E-state index in [-0.39, 0.29) is 18.4 Å². The highest BCUT2D eigenvalue weighted by atomic mass is 16.5. The second-order valence-corrected chi connectivity index (χ2v) is 9.69. The third-order valence-corrected chi connectivity index (χ3v) is 6.53. The lowest BCUT2D eigenvalue weighted by Gasteiger charge is -2.22. The van der Waals surface area contributed by atoms with E-state index in [9.17, 15) is 14.4 Å². The zero-order valence-electron chi connectivity index (χ0n) is 24.2. The summed E-state index contributed by atoms with van der Waals surface area (Å²) in [5.41, 5.74) is 2.93. The van der Waals surface area contributed by atoms with Crippen LogP contribution in [-0.4, -0.2) is 50.7 Å². The highest BCUT2D eigenvalue weighted by Gasteiger charge is 2.21. The Morgan fingerprint density at radius 1 is 0.857 bits per heavy atom. The van der Waals surface area contributed by atoms with Crippen LogP contribution in [0.1, 0.15) is 29.5 Å². The summed E-state index contributed by atoms with van der Waals surface area (Å²) in [4.78, 5) is 37.6. The average Bonchev–Trinajstić information content (AvgIpc) is 3.03. The Labute approximate surface area is 247 Å². The number of alkyl carbamates (subject to hydrolysis) is 1. The topological polar surface area (TPSA) is 118 Å². The molecule has 0 unspecified atom stereocenters. The van der Waals surface area contributed by atoms with Crippen LogP contribution in [0.5, 0.6) is 5.75 Å². The summed E-state index contributed by atoms with van der Waals surface area (Å²) in [5.74, 6) is 0.310. The van der Waals surface area contributed by atoms with Crippen LogP contribution in [0.25, 0.3) is 0 Å². The van der Waals surface area contributed by atoms with Crippen molar-refractivity contribution in [3.63, 3.8) is 0 Å². The first-order chi connectivity index (χ1) is 20.5. The fourth-order valence-corrected chi connectivity index (χ4v) is 4.19. The second kappa shape index (κ2) is 17.9. The van der Waals surface area contributed by atoms with Gasteiger partial charge in [-0.2, -0.15) is 0 Å². The minimum absolute atomic E-state index is 0.188. The SMILES string of the molecule is CNC(=O)/C=C/[C@H](Cc1ccccc1)NC(=O)[C@H](CCCNC(=O)OCc1ccccc1)NCc1ccc(OC)cc1. The number of benzene rings is 3. The van der Waals surface area contributed by atoms with E-state index in [4.69, 9.17) is 9.47 Å². The summed E-state index contributed by atoms with van der Waals surface area (Å²) in [6.07, 6.45) is 4.17. The van der Waals surface area contributed by atoms with E-state index >= 15 is 0 Å². The first-order valence-electron chi connectivity index (χ1n) is 14.0. The van der Waals surface area contributed by atoms with E-state index in [2.05, 4.69) is 21.3 Å². The number of amides is 3. The quantitative estimate of drug-likeness (QED) is 0.153. The zero-order valence-corrected chi connectivity index (χ0v) is 24.2. The smallest absolute Gasteiger partial charge is 0.407 e. The molecule has 3 amide bonds. The number of carbonyl (C=O) groups excluding carboxylic acids is 3. The van der Waals surface area contributed by atoms with Gasteiger partial charge in [0.15, 0.2) is 0 Å². The molecule has 2 atom stereocenters. The molecule has 9 heteroatoms. The van der Waals surface area contributed by atoms with Crippen molar-refractivity contribution in [3.8, 4) is 5.75 Å². The van der Waals surface area contributed by atoms with E-state index in [1.165, 1.54) is 6.08 Å². The van der Waals surface area contributed by atoms with Gasteiger partial charge in [0.2, 0.25) is 11.8 Å². The normalized spacial score (nSPS) is 12.2. The highest BCUT2D eigenvalue weighted by Crippen LogP contribution is 2.12. The van der Waals surface area contributed by atoms with Crippen molar-refractivity contribution in [3.05, 3.63) is 114 Å². The monoisotopic (exact) mass is 572 g/mol. The van der Waals surface area contributed by atoms with E-state index in [0.717, 1.165) is 22.4 Å². The summed E-state index contributed by atoms with van der Waals surface area (Å²) in [5, 5.41) is 11.8. The Morgan fingerprint density at radius 3 is 2.17 bits per heavy atom. The van der Waals surface area contributed by atoms with Gasteiger partial charge in [-0.1, -0.05) is 78.9 Å². The number of hydrogen-bond donors (Lipinski definition) is 4. The van der Waals surface area contributed by atoms with Gasteiger partial charge in [-0.15, -0.1) is 0 Å². The van der Waals surface area contributed by atoms with Crippen molar-refractivity contribution in [1.29, 1.82) is 0 Å². The number of carbonyl (C=O) groups is 3. The van der Waals surface area contributed by atoms with Crippen LogP contribution >= 0.6 is 0 Å². The lowest BCUT2D eigenvalue weighted by atomic mass is 10.0. The van der Waals surface area contributed by atoms with Crippen LogP contribution in [0.2, 0.25) is 0 Å². The predicted octanol–water partition coefficient (Wildman–Crippen LogP) is 3.89. The Bertz CT molecular complexity index is 1270. The van der Waals surface area contributed by atoms with Crippen LogP contribution in [0, 0.1) is 0 Å². The largest absolute Gasteiger partial charge is 0.497 e. The fourth-order valence-electron chi connectivity index (χ4n) is 4.19. The molecule has 3 aromatic rings. The molecule has 3 aromatic carbocycles. The van der Waals surface area contributed by atoms with Gasteiger partial charge >= 0.3 is 6.09 Å². The van der Waals surface area contributed by atoms with Crippen LogP contribution < -0.4 is 26.0 Å². The zero-order chi connectivity index (χ0) is 30.0. The van der Waals surface area contributed by atoms with Crippen molar-refractivity contribution < 1.29 is 23.9 Å². The van der Waals surface area contributed by atoms with Crippen LogP contribution in [-0.2, 0) is 33.9 Å². The summed E-state index contributed by atoms with van der Waals surface area (Å²) in [6.45, 7) is 1.01. The van der Waals surface area contributed by atoms with E-state index in [1.54, 1.807) is 20.2 Å². The van der Waals surface area contributed by atoms with E-state index < -0.39 is 18.2 Å². The van der Waals surface area contributed by atoms with Gasteiger partial charge in [0.25, 0.3) is 0 Å². The molecule has 3 rings (SSSR count). The van der Waals surface area contributed by atoms with Crippen molar-refractivity contribution in [2.45, 2.75) is 44.5 Å². The fraction of sp³-hybridized carbons (Fsp3) is 0.303. The molecule has 0 aliphatic carbocycles. The molecule has 0 bridgehead atoms. The molecule has 9 nitrogen and oxygen atoms in total. The Hall–Kier alpha value is -4.63. The molecule has 4 N–H and O–H groups in total. The second-order valence-electron chi connectivity index (χ2n) is 9.69. The first kappa shape index (κ1) is 31.9. The minimum atomic E-state index is -0.541. The first-order valence-corrected chi connectivity index (χ1v) is 14.0. The molecule has 0 fully saturated rings. The molecular weight excluding hydrogens is 532 g/mol. The van der Waals surface area contributed by atoms with Gasteiger partial charge in [-0.05, 0) is 48.1 Å². The number of rotatable bonds is 16. The maximum atomic E-state index is 13.5. The number of nitrogens with one attached hydrogen (secondary N) is 4. The lowest BCUT2D eigenvalue weighted by molar-refractivity contribution is -0.124. The van der Waals surface area contributed by atoms with Crippen molar-refractivity contribution in [1.82, 2.24) is 21.3 Å². The Morgan fingerprint density at radius 2 is 1.52 bits per heavy atom. The molecule has 222 valence electrons. The van der Waals surface area contributed by atoms with Gasteiger partial charge in [0, 0.05) is 26.2 Å². The van der Waals surface area contributed by atoms with E-state index in [0.29, 0.717) is 32.4 Å². The van der Waals surface area contributed by atoms with Gasteiger partial charge < -0.3 is 30.7 Å². The number of ether oxygens (including phenoxy) is 2. The third kappa shape index (κ3) is 11.9. The molecule has 0 aliphatic heterocycles. The van der Waals surface area contributed by atoms with Crippen LogP contribution in [0.4, 0.5) is 4.79 Å². The Kier molecular flexibility index (Phi) is 13.6. The lowest BCUT2D eigenvalue weighted by Crippen LogP contribution is -2.48. The molecule has 0 aliphatic rings. The number of likely N-dealkylation sites (N-methyl/N-ethyl adjacent to an activating group) is 1. The van der Waals surface area contributed by atoms with E-state index in [1.807, 2.05) is 84.9 Å². The molecule has 0 saturated carbocycles. The number of methoxy groups -OCH3 is 1. The van der Waals surface area contributed by atoms with Crippen molar-refractivity contribution in [2.75, 3.05) is 20.7 Å². The predicted molar refractivity (Wildman–Crippen MR) is 163 cm³/mol. The van der Waals surface area contributed by atoms with Crippen molar-refractivity contribution >= 4 is 17.9 Å². The van der Waals surface area contributed by atoms with Gasteiger partial charge in [0.1, 0.15) is 12.4 Å². The van der Waals surface area contributed by atoms with Crippen molar-refractivity contribution in [2.24, 2.45) is 0 Å². The summed E-state index contributed by atoms with van der Waals surface area (Å²) >= 11 is 0. The maximum Gasteiger partial charge on any atom is 0.407 e. The summed E-state index contributed by atoms with van der Waals surface area (Å²) < 4.78 is 10.5. The maximum absolute atomic E-state index is 13.5. The molecule has 0 radical (unpaired) electrons. The van der Waals surface area contributed by atoms with Crippen LogP contribution in [0.15, 0.2) is 97.1 Å². The third-order valence-electron chi connectivity index (χ3n) is 6.53. The number of hydrogen-bond acceptors (Lipinski definition) is 6. The Balaban J connectivity index is 1.61. The standard InChI is InChI=1S/C33H40N4O5/c1-34-31(38)20-17-28(22-25-10-5-3-6-11-25)37-32(39)30(36-23-26-15-18-29(41-2)19-16-26)14-9-21-35-33(40)42-24-27-12-7-4-8-13-27/h3-8,10-13,15-20,28,30,36H,9,14,21-24H2,1-2H3,(H,34,38)(H,35,40)(H,37,39)/b20-17+/t28-,30+/m1/s1.